The Morgan fingerprint density at radius 2 is 1.76 bits per heavy atom. The van der Waals surface area contributed by atoms with Gasteiger partial charge in [-0.3, -0.25) is 0 Å². The Hall–Kier alpha value is -2.24. The first-order chi connectivity index (χ1) is 15.6. The number of esters is 1. The lowest BCUT2D eigenvalue weighted by molar-refractivity contribution is -0.144. The molecular formula is C27H42N2O4. The highest BCUT2D eigenvalue weighted by molar-refractivity contribution is 5.89. The molecule has 1 amide bonds. The van der Waals surface area contributed by atoms with E-state index in [4.69, 9.17) is 9.47 Å². The number of carbonyl (C=O) groups is 2. The number of carbonyl (C=O) groups excluding carboxylic acids is 2. The van der Waals surface area contributed by atoms with E-state index in [0.29, 0.717) is 18.8 Å². The predicted molar refractivity (Wildman–Crippen MR) is 131 cm³/mol. The van der Waals surface area contributed by atoms with Gasteiger partial charge in [0.2, 0.25) is 0 Å². The van der Waals surface area contributed by atoms with Gasteiger partial charge in [-0.05, 0) is 89.7 Å². The molecule has 0 aromatic heterocycles. The Morgan fingerprint density at radius 1 is 1.06 bits per heavy atom. The van der Waals surface area contributed by atoms with Gasteiger partial charge in [-0.15, -0.1) is 0 Å². The van der Waals surface area contributed by atoms with Crippen molar-refractivity contribution in [3.8, 4) is 0 Å². The van der Waals surface area contributed by atoms with Crippen LogP contribution in [0.5, 0.6) is 0 Å². The zero-order valence-electron chi connectivity index (χ0n) is 20.9. The van der Waals surface area contributed by atoms with Gasteiger partial charge >= 0.3 is 12.1 Å². The van der Waals surface area contributed by atoms with Crippen LogP contribution in [0.25, 0.3) is 0 Å². The summed E-state index contributed by atoms with van der Waals surface area (Å²) in [5.41, 5.74) is 2.38. The lowest BCUT2D eigenvalue weighted by Gasteiger charge is -2.30. The Morgan fingerprint density at radius 3 is 2.36 bits per heavy atom. The fourth-order valence-electron chi connectivity index (χ4n) is 4.64. The van der Waals surface area contributed by atoms with Crippen molar-refractivity contribution < 1.29 is 19.1 Å². The molecule has 0 aromatic carbocycles. The standard InChI is InChI=1S/C27H42N2O4/c1-26(2,3)33-25(31)28-18-20-14-16-27(4,17-15-20)19-29-23(21-10-6-5-7-11-21)24(30)32-22-12-8-9-13-22/h14-16,22,29H,5-13,17-19H2,1-4H3,(H,28,31). The average molecular weight is 459 g/mol. The quantitative estimate of drug-likeness (QED) is 0.378. The van der Waals surface area contributed by atoms with Crippen molar-refractivity contribution in [2.75, 3.05) is 13.1 Å². The van der Waals surface area contributed by atoms with Crippen LogP contribution in [0.3, 0.4) is 0 Å². The summed E-state index contributed by atoms with van der Waals surface area (Å²) >= 11 is 0. The molecule has 0 aliphatic heterocycles. The molecule has 0 bridgehead atoms. The van der Waals surface area contributed by atoms with Crippen molar-refractivity contribution in [3.63, 3.8) is 0 Å². The number of hydrogen-bond donors (Lipinski definition) is 2. The number of allylic oxidation sites excluding steroid dienone is 2. The highest BCUT2D eigenvalue weighted by atomic mass is 16.6. The van der Waals surface area contributed by atoms with Crippen LogP contribution >= 0.6 is 0 Å². The molecule has 33 heavy (non-hydrogen) atoms. The molecule has 0 spiro atoms. The maximum atomic E-state index is 13.1. The van der Waals surface area contributed by atoms with E-state index in [-0.39, 0.29) is 17.5 Å². The maximum Gasteiger partial charge on any atom is 0.407 e. The minimum absolute atomic E-state index is 0.0756. The van der Waals surface area contributed by atoms with Crippen LogP contribution in [0.1, 0.15) is 91.9 Å². The third-order valence-corrected chi connectivity index (χ3v) is 6.63. The number of hydrogen-bond acceptors (Lipinski definition) is 5. The summed E-state index contributed by atoms with van der Waals surface area (Å²) in [6, 6.07) is 0. The van der Waals surface area contributed by atoms with Crippen molar-refractivity contribution >= 4 is 12.1 Å². The van der Waals surface area contributed by atoms with E-state index in [0.717, 1.165) is 63.4 Å². The van der Waals surface area contributed by atoms with E-state index in [1.165, 1.54) is 12.0 Å². The summed E-state index contributed by atoms with van der Waals surface area (Å²) in [4.78, 5) is 25.0. The third-order valence-electron chi connectivity index (χ3n) is 6.63. The average Bonchev–Trinajstić information content (AvgIpc) is 3.26. The third kappa shape index (κ3) is 8.24. The minimum Gasteiger partial charge on any atom is -0.458 e. The van der Waals surface area contributed by atoms with Gasteiger partial charge in [0.1, 0.15) is 17.4 Å². The second-order valence-corrected chi connectivity index (χ2v) is 11.0. The monoisotopic (exact) mass is 458 g/mol. The molecule has 0 saturated heterocycles. The lowest BCUT2D eigenvalue weighted by atomic mass is 9.81. The van der Waals surface area contributed by atoms with Crippen LogP contribution in [0.15, 0.2) is 35.1 Å². The van der Waals surface area contributed by atoms with Crippen LogP contribution in [0.2, 0.25) is 0 Å². The number of amides is 1. The first-order valence-corrected chi connectivity index (χ1v) is 12.7. The molecule has 6 heteroatoms. The number of alkyl carbamates (subject to hydrolysis) is 1. The normalized spacial score (nSPS) is 23.6. The van der Waals surface area contributed by atoms with Gasteiger partial charge in [-0.1, -0.05) is 31.6 Å². The second kappa shape index (κ2) is 11.3. The van der Waals surface area contributed by atoms with Gasteiger partial charge in [0, 0.05) is 18.5 Å². The molecule has 0 radical (unpaired) electrons. The smallest absolute Gasteiger partial charge is 0.407 e. The highest BCUT2D eigenvalue weighted by Gasteiger charge is 2.28. The topological polar surface area (TPSA) is 76.7 Å². The second-order valence-electron chi connectivity index (χ2n) is 11.0. The van der Waals surface area contributed by atoms with Gasteiger partial charge in [0.15, 0.2) is 0 Å². The molecule has 3 aliphatic carbocycles. The van der Waals surface area contributed by atoms with Gasteiger partial charge in [0.25, 0.3) is 0 Å². The maximum absolute atomic E-state index is 13.1. The fraction of sp³-hybridized carbons (Fsp3) is 0.704. The Balaban J connectivity index is 1.55. The minimum atomic E-state index is -0.505. The van der Waals surface area contributed by atoms with E-state index in [1.54, 1.807) is 0 Å². The Labute approximate surface area is 199 Å². The molecule has 2 saturated carbocycles. The summed E-state index contributed by atoms with van der Waals surface area (Å²) in [5, 5.41) is 6.31. The Bertz CT molecular complexity index is 791. The number of rotatable bonds is 7. The molecule has 0 aromatic rings. The van der Waals surface area contributed by atoms with Gasteiger partial charge in [-0.25, -0.2) is 9.59 Å². The van der Waals surface area contributed by atoms with Crippen molar-refractivity contribution in [1.82, 2.24) is 10.6 Å². The first kappa shape index (κ1) is 25.4. The van der Waals surface area contributed by atoms with Crippen LogP contribution in [0, 0.1) is 5.41 Å². The van der Waals surface area contributed by atoms with Crippen LogP contribution < -0.4 is 10.6 Å². The van der Waals surface area contributed by atoms with Gasteiger partial charge in [-0.2, -0.15) is 0 Å². The predicted octanol–water partition coefficient (Wildman–Crippen LogP) is 5.70. The molecule has 2 N–H and O–H groups in total. The van der Waals surface area contributed by atoms with E-state index in [9.17, 15) is 9.59 Å². The van der Waals surface area contributed by atoms with Crippen molar-refractivity contribution in [1.29, 1.82) is 0 Å². The first-order valence-electron chi connectivity index (χ1n) is 12.7. The summed E-state index contributed by atoms with van der Waals surface area (Å²) in [6.07, 6.45) is 16.7. The van der Waals surface area contributed by atoms with Crippen LogP contribution in [0.4, 0.5) is 4.79 Å². The van der Waals surface area contributed by atoms with Crippen LogP contribution in [-0.4, -0.2) is 36.9 Å². The van der Waals surface area contributed by atoms with Crippen molar-refractivity contribution in [2.45, 2.75) is 104 Å². The highest BCUT2D eigenvalue weighted by Crippen LogP contribution is 2.31. The summed E-state index contributed by atoms with van der Waals surface area (Å²) in [6.45, 7) is 8.86. The Kier molecular flexibility index (Phi) is 8.66. The molecular weight excluding hydrogens is 416 g/mol. The fourth-order valence-corrected chi connectivity index (χ4v) is 4.64. The van der Waals surface area contributed by atoms with E-state index in [2.05, 4.69) is 35.8 Å². The molecule has 3 aliphatic rings. The lowest BCUT2D eigenvalue weighted by Crippen LogP contribution is -2.36. The zero-order valence-corrected chi connectivity index (χ0v) is 20.9. The summed E-state index contributed by atoms with van der Waals surface area (Å²) in [5.74, 6) is -0.167. The molecule has 6 nitrogen and oxygen atoms in total. The molecule has 3 rings (SSSR count). The van der Waals surface area contributed by atoms with Crippen LogP contribution in [-0.2, 0) is 14.3 Å². The molecule has 1 unspecified atom stereocenters. The van der Waals surface area contributed by atoms with E-state index >= 15 is 0 Å². The summed E-state index contributed by atoms with van der Waals surface area (Å²) < 4.78 is 11.2. The van der Waals surface area contributed by atoms with Gasteiger partial charge < -0.3 is 20.1 Å². The number of ether oxygens (including phenoxy) is 2. The van der Waals surface area contributed by atoms with E-state index < -0.39 is 11.7 Å². The van der Waals surface area contributed by atoms with E-state index in [1.807, 2.05) is 20.8 Å². The molecule has 1 atom stereocenters. The SMILES string of the molecule is CC1(CNC(C(=O)OC2CCCC2)=C2CCCCC2)C=CC(CNC(=O)OC(C)(C)C)=CC1. The molecule has 0 heterocycles. The zero-order chi connectivity index (χ0) is 23.9. The summed E-state index contributed by atoms with van der Waals surface area (Å²) in [7, 11) is 0. The largest absolute Gasteiger partial charge is 0.458 e. The van der Waals surface area contributed by atoms with Crippen molar-refractivity contribution in [3.05, 3.63) is 35.1 Å². The van der Waals surface area contributed by atoms with Crippen molar-refractivity contribution in [2.24, 2.45) is 5.41 Å². The van der Waals surface area contributed by atoms with Gasteiger partial charge in [0.05, 0.1) is 0 Å². The number of nitrogens with one attached hydrogen (secondary N) is 2. The molecule has 2 fully saturated rings. The molecule has 184 valence electrons.